The highest BCUT2D eigenvalue weighted by atomic mass is 16.2. The molecule has 62 valence electrons. The standard InChI is InChI=1S/C9H15NO/c1-7-6-8(7)9(11)10-4-2-3-5-10/h7-8H,2-6H2,1H3. The molecule has 1 heterocycles. The van der Waals surface area contributed by atoms with E-state index in [0.29, 0.717) is 17.7 Å². The summed E-state index contributed by atoms with van der Waals surface area (Å²) in [5.74, 6) is 1.49. The van der Waals surface area contributed by atoms with Crippen molar-refractivity contribution in [2.45, 2.75) is 26.2 Å². The van der Waals surface area contributed by atoms with E-state index >= 15 is 0 Å². The molecule has 0 bridgehead atoms. The van der Waals surface area contributed by atoms with Crippen molar-refractivity contribution in [1.29, 1.82) is 0 Å². The normalized spacial score (nSPS) is 35.9. The molecule has 2 nitrogen and oxygen atoms in total. The van der Waals surface area contributed by atoms with Crippen molar-refractivity contribution in [3.05, 3.63) is 0 Å². The summed E-state index contributed by atoms with van der Waals surface area (Å²) < 4.78 is 0. The molecule has 1 amide bonds. The molecule has 0 aromatic rings. The minimum absolute atomic E-state index is 0.396. The van der Waals surface area contributed by atoms with E-state index < -0.39 is 0 Å². The maximum atomic E-state index is 11.5. The van der Waals surface area contributed by atoms with Gasteiger partial charge < -0.3 is 4.90 Å². The molecular formula is C9H15NO. The Balaban J connectivity index is 1.89. The molecule has 2 atom stereocenters. The summed E-state index contributed by atoms with van der Waals surface area (Å²) >= 11 is 0. The highest BCUT2D eigenvalue weighted by Gasteiger charge is 2.41. The largest absolute Gasteiger partial charge is 0.342 e. The zero-order valence-electron chi connectivity index (χ0n) is 7.05. The minimum Gasteiger partial charge on any atom is -0.342 e. The molecule has 1 aliphatic carbocycles. The second kappa shape index (κ2) is 2.50. The van der Waals surface area contributed by atoms with E-state index in [-0.39, 0.29) is 0 Å². The molecule has 2 heteroatoms. The predicted octanol–water partition coefficient (Wildman–Crippen LogP) is 1.26. The Morgan fingerprint density at radius 2 is 1.91 bits per heavy atom. The molecule has 2 rings (SSSR count). The Labute approximate surface area is 67.6 Å². The van der Waals surface area contributed by atoms with Crippen molar-refractivity contribution in [1.82, 2.24) is 4.90 Å². The summed E-state index contributed by atoms with van der Waals surface area (Å²) in [5.41, 5.74) is 0. The van der Waals surface area contributed by atoms with Crippen LogP contribution in [-0.4, -0.2) is 23.9 Å². The van der Waals surface area contributed by atoms with Crippen molar-refractivity contribution in [2.24, 2.45) is 11.8 Å². The van der Waals surface area contributed by atoms with Crippen molar-refractivity contribution in [3.8, 4) is 0 Å². The van der Waals surface area contributed by atoms with E-state index in [9.17, 15) is 4.79 Å². The molecule has 0 aromatic carbocycles. The zero-order chi connectivity index (χ0) is 7.84. The van der Waals surface area contributed by atoms with Gasteiger partial charge in [-0.3, -0.25) is 4.79 Å². The van der Waals surface area contributed by atoms with Crippen LogP contribution >= 0.6 is 0 Å². The van der Waals surface area contributed by atoms with Crippen LogP contribution in [0.15, 0.2) is 0 Å². The lowest BCUT2D eigenvalue weighted by Gasteiger charge is -2.14. The average Bonchev–Trinajstić information content (AvgIpc) is 2.56. The van der Waals surface area contributed by atoms with Crippen LogP contribution in [0.4, 0.5) is 0 Å². The van der Waals surface area contributed by atoms with Gasteiger partial charge in [-0.2, -0.15) is 0 Å². The fourth-order valence-electron chi connectivity index (χ4n) is 1.84. The molecule has 1 saturated carbocycles. The molecule has 2 aliphatic rings. The Morgan fingerprint density at radius 3 is 2.36 bits per heavy atom. The van der Waals surface area contributed by atoms with E-state index in [0.717, 1.165) is 19.5 Å². The highest BCUT2D eigenvalue weighted by molar-refractivity contribution is 5.81. The quantitative estimate of drug-likeness (QED) is 0.555. The second-order valence-corrected chi connectivity index (χ2v) is 3.85. The molecule has 1 saturated heterocycles. The summed E-state index contributed by atoms with van der Waals surface area (Å²) in [6, 6.07) is 0. The lowest BCUT2D eigenvalue weighted by molar-refractivity contribution is -0.131. The zero-order valence-corrected chi connectivity index (χ0v) is 7.05. The summed E-state index contributed by atoms with van der Waals surface area (Å²) in [7, 11) is 0. The van der Waals surface area contributed by atoms with Crippen LogP contribution in [0.2, 0.25) is 0 Å². The molecule has 2 unspecified atom stereocenters. The highest BCUT2D eigenvalue weighted by Crippen LogP contribution is 2.39. The Hall–Kier alpha value is -0.530. The number of carbonyl (C=O) groups excluding carboxylic acids is 1. The van der Waals surface area contributed by atoms with E-state index in [1.54, 1.807) is 0 Å². The van der Waals surface area contributed by atoms with Gasteiger partial charge in [0.25, 0.3) is 0 Å². The average molecular weight is 153 g/mol. The number of hydrogen-bond donors (Lipinski definition) is 0. The summed E-state index contributed by atoms with van der Waals surface area (Å²) in [6.45, 7) is 4.20. The number of carbonyl (C=O) groups is 1. The molecule has 0 aromatic heterocycles. The lowest BCUT2D eigenvalue weighted by atomic mass is 10.3. The number of amides is 1. The van der Waals surface area contributed by atoms with Crippen LogP contribution in [0.5, 0.6) is 0 Å². The van der Waals surface area contributed by atoms with E-state index in [1.165, 1.54) is 12.8 Å². The topological polar surface area (TPSA) is 20.3 Å². The van der Waals surface area contributed by atoms with Gasteiger partial charge in [0.2, 0.25) is 5.91 Å². The summed E-state index contributed by atoms with van der Waals surface area (Å²) in [6.07, 6.45) is 3.56. The molecule has 0 spiro atoms. The smallest absolute Gasteiger partial charge is 0.225 e. The Morgan fingerprint density at radius 1 is 1.36 bits per heavy atom. The molecule has 1 aliphatic heterocycles. The maximum Gasteiger partial charge on any atom is 0.225 e. The first-order valence-electron chi connectivity index (χ1n) is 4.58. The van der Waals surface area contributed by atoms with Crippen molar-refractivity contribution >= 4 is 5.91 Å². The third-order valence-corrected chi connectivity index (χ3v) is 2.84. The van der Waals surface area contributed by atoms with Crippen molar-refractivity contribution < 1.29 is 4.79 Å². The fraction of sp³-hybridized carbons (Fsp3) is 0.889. The van der Waals surface area contributed by atoms with Gasteiger partial charge in [0, 0.05) is 19.0 Å². The molecule has 11 heavy (non-hydrogen) atoms. The summed E-state index contributed by atoms with van der Waals surface area (Å²) in [5, 5.41) is 0. The first-order chi connectivity index (χ1) is 5.29. The fourth-order valence-corrected chi connectivity index (χ4v) is 1.84. The number of likely N-dealkylation sites (tertiary alicyclic amines) is 1. The van der Waals surface area contributed by atoms with Crippen LogP contribution in [0.3, 0.4) is 0 Å². The number of rotatable bonds is 1. The van der Waals surface area contributed by atoms with Crippen LogP contribution in [-0.2, 0) is 4.79 Å². The molecule has 2 fully saturated rings. The van der Waals surface area contributed by atoms with Gasteiger partial charge in [-0.1, -0.05) is 6.92 Å². The van der Waals surface area contributed by atoms with Crippen LogP contribution in [0.25, 0.3) is 0 Å². The third-order valence-electron chi connectivity index (χ3n) is 2.84. The van der Waals surface area contributed by atoms with Gasteiger partial charge in [-0.15, -0.1) is 0 Å². The van der Waals surface area contributed by atoms with Crippen molar-refractivity contribution in [3.63, 3.8) is 0 Å². The number of nitrogens with zero attached hydrogens (tertiary/aromatic N) is 1. The van der Waals surface area contributed by atoms with Gasteiger partial charge in [0.15, 0.2) is 0 Å². The van der Waals surface area contributed by atoms with Crippen LogP contribution in [0, 0.1) is 11.8 Å². The lowest BCUT2D eigenvalue weighted by Crippen LogP contribution is -2.29. The summed E-state index contributed by atoms with van der Waals surface area (Å²) in [4.78, 5) is 13.6. The number of hydrogen-bond acceptors (Lipinski definition) is 1. The van der Waals surface area contributed by atoms with Crippen LogP contribution < -0.4 is 0 Å². The van der Waals surface area contributed by atoms with Gasteiger partial charge in [-0.05, 0) is 25.2 Å². The maximum absolute atomic E-state index is 11.5. The first kappa shape index (κ1) is 7.14. The van der Waals surface area contributed by atoms with Gasteiger partial charge in [-0.25, -0.2) is 0 Å². The first-order valence-corrected chi connectivity index (χ1v) is 4.58. The molecule has 0 radical (unpaired) electrons. The minimum atomic E-state index is 0.396. The van der Waals surface area contributed by atoms with E-state index in [1.807, 2.05) is 4.90 Å². The van der Waals surface area contributed by atoms with E-state index in [4.69, 9.17) is 0 Å². The van der Waals surface area contributed by atoms with Crippen LogP contribution in [0.1, 0.15) is 26.2 Å². The SMILES string of the molecule is CC1CC1C(=O)N1CCCC1. The van der Waals surface area contributed by atoms with Gasteiger partial charge in [0.1, 0.15) is 0 Å². The second-order valence-electron chi connectivity index (χ2n) is 3.85. The Bertz CT molecular complexity index is 172. The predicted molar refractivity (Wildman–Crippen MR) is 43.1 cm³/mol. The van der Waals surface area contributed by atoms with Gasteiger partial charge >= 0.3 is 0 Å². The Kier molecular flexibility index (Phi) is 1.63. The third kappa shape index (κ3) is 1.26. The van der Waals surface area contributed by atoms with Crippen molar-refractivity contribution in [2.75, 3.05) is 13.1 Å². The molecule has 0 N–H and O–H groups in total. The molecular weight excluding hydrogens is 138 g/mol. The van der Waals surface area contributed by atoms with Gasteiger partial charge in [0.05, 0.1) is 0 Å². The monoisotopic (exact) mass is 153 g/mol. The van der Waals surface area contributed by atoms with E-state index in [2.05, 4.69) is 6.92 Å².